The first kappa shape index (κ1) is 17.9. The van der Waals surface area contributed by atoms with Gasteiger partial charge in [0, 0.05) is 37.8 Å². The zero-order valence-electron chi connectivity index (χ0n) is 16.0. The van der Waals surface area contributed by atoms with Crippen LogP contribution in [0.15, 0.2) is 59.3 Å². The number of para-hydroxylation sites is 1. The number of benzene rings is 1. The van der Waals surface area contributed by atoms with Gasteiger partial charge in [0.15, 0.2) is 0 Å². The van der Waals surface area contributed by atoms with Crippen LogP contribution in [0.5, 0.6) is 0 Å². The summed E-state index contributed by atoms with van der Waals surface area (Å²) in [7, 11) is 0. The minimum absolute atomic E-state index is 0.00899. The summed E-state index contributed by atoms with van der Waals surface area (Å²) in [6.45, 7) is 3.04. The maximum Gasteiger partial charge on any atom is 0.247 e. The highest BCUT2D eigenvalue weighted by Crippen LogP contribution is 2.23. The lowest BCUT2D eigenvalue weighted by Crippen LogP contribution is -2.66. The van der Waals surface area contributed by atoms with Crippen LogP contribution < -0.4 is 0 Å². The van der Waals surface area contributed by atoms with Crippen LogP contribution in [-0.4, -0.2) is 63.7 Å². The van der Waals surface area contributed by atoms with Crippen molar-refractivity contribution in [1.29, 1.82) is 0 Å². The quantitative estimate of drug-likeness (QED) is 0.680. The highest BCUT2D eigenvalue weighted by molar-refractivity contribution is 5.95. The Bertz CT molecular complexity index is 1040. The average molecular weight is 390 g/mol. The predicted octanol–water partition coefficient (Wildman–Crippen LogP) is 1.88. The Labute approximate surface area is 168 Å². The first-order valence-electron chi connectivity index (χ1n) is 9.84. The molecule has 0 N–H and O–H groups in total. The Morgan fingerprint density at radius 3 is 2.79 bits per heavy atom. The van der Waals surface area contributed by atoms with Crippen molar-refractivity contribution in [3.63, 3.8) is 0 Å². The van der Waals surface area contributed by atoms with Gasteiger partial charge in [-0.25, -0.2) is 0 Å². The molecule has 2 aromatic heterocycles. The molecule has 2 aliphatic heterocycles. The van der Waals surface area contributed by atoms with E-state index in [1.807, 2.05) is 36.5 Å². The SMILES string of the molecule is O=C1C2CN(Cc3ccnc4ccccc34)CCN2C(=O)CN1Cc1ccco1. The third-order valence-electron chi connectivity index (χ3n) is 5.77. The summed E-state index contributed by atoms with van der Waals surface area (Å²) in [5, 5.41) is 1.13. The molecule has 5 rings (SSSR count). The van der Waals surface area contributed by atoms with Gasteiger partial charge in [0.1, 0.15) is 18.3 Å². The van der Waals surface area contributed by atoms with Crippen molar-refractivity contribution >= 4 is 22.7 Å². The van der Waals surface area contributed by atoms with E-state index in [2.05, 4.69) is 16.0 Å². The smallest absolute Gasteiger partial charge is 0.247 e. The molecule has 0 aliphatic carbocycles. The molecule has 148 valence electrons. The molecular weight excluding hydrogens is 368 g/mol. The number of carbonyl (C=O) groups is 2. The van der Waals surface area contributed by atoms with E-state index in [1.54, 1.807) is 22.1 Å². The van der Waals surface area contributed by atoms with Crippen LogP contribution in [-0.2, 0) is 22.7 Å². The predicted molar refractivity (Wildman–Crippen MR) is 107 cm³/mol. The van der Waals surface area contributed by atoms with Crippen molar-refractivity contribution < 1.29 is 14.0 Å². The number of piperazine rings is 2. The molecule has 29 heavy (non-hydrogen) atoms. The second kappa shape index (κ2) is 7.33. The summed E-state index contributed by atoms with van der Waals surface area (Å²) in [4.78, 5) is 35.7. The van der Waals surface area contributed by atoms with E-state index in [0.717, 1.165) is 24.0 Å². The fraction of sp³-hybridized carbons (Fsp3) is 0.318. The fourth-order valence-corrected chi connectivity index (χ4v) is 4.29. The number of amides is 2. The fourth-order valence-electron chi connectivity index (χ4n) is 4.29. The molecule has 1 unspecified atom stereocenters. The van der Waals surface area contributed by atoms with E-state index in [1.165, 1.54) is 5.56 Å². The minimum atomic E-state index is -0.437. The molecule has 1 aromatic carbocycles. The lowest BCUT2D eigenvalue weighted by molar-refractivity contribution is -0.160. The van der Waals surface area contributed by atoms with Crippen LogP contribution in [0.3, 0.4) is 0 Å². The van der Waals surface area contributed by atoms with Gasteiger partial charge in [0.05, 0.1) is 18.3 Å². The van der Waals surface area contributed by atoms with E-state index in [4.69, 9.17) is 4.42 Å². The summed E-state index contributed by atoms with van der Waals surface area (Å²) < 4.78 is 5.36. The number of rotatable bonds is 4. The van der Waals surface area contributed by atoms with Gasteiger partial charge in [0.25, 0.3) is 0 Å². The zero-order valence-corrected chi connectivity index (χ0v) is 16.0. The van der Waals surface area contributed by atoms with E-state index in [-0.39, 0.29) is 18.4 Å². The normalized spacial score (nSPS) is 20.3. The molecule has 7 nitrogen and oxygen atoms in total. The van der Waals surface area contributed by atoms with Crippen LogP contribution in [0, 0.1) is 0 Å². The summed E-state index contributed by atoms with van der Waals surface area (Å²) in [5.74, 6) is 0.691. The maximum absolute atomic E-state index is 13.1. The Morgan fingerprint density at radius 2 is 1.93 bits per heavy atom. The van der Waals surface area contributed by atoms with Crippen LogP contribution in [0.4, 0.5) is 0 Å². The number of hydrogen-bond acceptors (Lipinski definition) is 5. The van der Waals surface area contributed by atoms with Crippen LogP contribution >= 0.6 is 0 Å². The molecule has 2 saturated heterocycles. The topological polar surface area (TPSA) is 69.9 Å². The van der Waals surface area contributed by atoms with Gasteiger partial charge in [-0.2, -0.15) is 0 Å². The number of carbonyl (C=O) groups excluding carboxylic acids is 2. The van der Waals surface area contributed by atoms with Gasteiger partial charge in [-0.15, -0.1) is 0 Å². The van der Waals surface area contributed by atoms with Gasteiger partial charge < -0.3 is 14.2 Å². The third-order valence-corrected chi connectivity index (χ3v) is 5.77. The van der Waals surface area contributed by atoms with Crippen molar-refractivity contribution in [3.05, 3.63) is 66.2 Å². The van der Waals surface area contributed by atoms with E-state index in [0.29, 0.717) is 25.4 Å². The number of nitrogens with zero attached hydrogens (tertiary/aromatic N) is 4. The van der Waals surface area contributed by atoms with Gasteiger partial charge in [-0.1, -0.05) is 18.2 Å². The van der Waals surface area contributed by atoms with Crippen molar-refractivity contribution in [3.8, 4) is 0 Å². The van der Waals surface area contributed by atoms with E-state index < -0.39 is 6.04 Å². The first-order valence-corrected chi connectivity index (χ1v) is 9.84. The highest BCUT2D eigenvalue weighted by Gasteiger charge is 2.42. The van der Waals surface area contributed by atoms with E-state index >= 15 is 0 Å². The lowest BCUT2D eigenvalue weighted by Gasteiger charge is -2.46. The molecule has 7 heteroatoms. The molecule has 2 aliphatic rings. The van der Waals surface area contributed by atoms with Gasteiger partial charge in [-0.3, -0.25) is 19.5 Å². The van der Waals surface area contributed by atoms with Crippen molar-refractivity contribution in [1.82, 2.24) is 19.7 Å². The Hall–Kier alpha value is -3.19. The van der Waals surface area contributed by atoms with Gasteiger partial charge >= 0.3 is 0 Å². The Morgan fingerprint density at radius 1 is 1.03 bits per heavy atom. The highest BCUT2D eigenvalue weighted by atomic mass is 16.3. The van der Waals surface area contributed by atoms with Crippen molar-refractivity contribution in [2.45, 2.75) is 19.1 Å². The Kier molecular flexibility index (Phi) is 4.52. The largest absolute Gasteiger partial charge is 0.467 e. The van der Waals surface area contributed by atoms with Gasteiger partial charge in [-0.05, 0) is 29.8 Å². The zero-order chi connectivity index (χ0) is 19.8. The molecule has 0 saturated carbocycles. The maximum atomic E-state index is 13.1. The number of aromatic nitrogens is 1. The lowest BCUT2D eigenvalue weighted by atomic mass is 10.0. The molecule has 2 fully saturated rings. The summed E-state index contributed by atoms with van der Waals surface area (Å²) >= 11 is 0. The average Bonchev–Trinajstić information content (AvgIpc) is 3.25. The molecule has 2 amide bonds. The van der Waals surface area contributed by atoms with Crippen LogP contribution in [0.1, 0.15) is 11.3 Å². The van der Waals surface area contributed by atoms with Crippen molar-refractivity contribution in [2.24, 2.45) is 0 Å². The first-order chi connectivity index (χ1) is 14.2. The number of hydrogen-bond donors (Lipinski definition) is 0. The standard InChI is InChI=1S/C22H22N4O3/c27-21-15-25(13-17-4-3-11-29-17)22(28)20-14-24(9-10-26(20)21)12-16-7-8-23-19-6-2-1-5-18(16)19/h1-8,11,20H,9-10,12-15H2. The minimum Gasteiger partial charge on any atom is -0.467 e. The third kappa shape index (κ3) is 3.38. The molecular formula is C22H22N4O3. The van der Waals surface area contributed by atoms with Crippen molar-refractivity contribution in [2.75, 3.05) is 26.2 Å². The van der Waals surface area contributed by atoms with Crippen LogP contribution in [0.25, 0.3) is 10.9 Å². The molecule has 4 heterocycles. The number of furan rings is 1. The molecule has 0 spiro atoms. The number of fused-ring (bicyclic) bond motifs is 2. The summed E-state index contributed by atoms with van der Waals surface area (Å²) in [5.41, 5.74) is 2.16. The summed E-state index contributed by atoms with van der Waals surface area (Å²) in [6, 6.07) is 13.3. The summed E-state index contributed by atoms with van der Waals surface area (Å²) in [6.07, 6.45) is 3.41. The van der Waals surface area contributed by atoms with Gasteiger partial charge in [0.2, 0.25) is 11.8 Å². The molecule has 1 atom stereocenters. The second-order valence-electron chi connectivity index (χ2n) is 7.60. The Balaban J connectivity index is 1.34. The molecule has 3 aromatic rings. The molecule has 0 bridgehead atoms. The van der Waals surface area contributed by atoms with Crippen LogP contribution in [0.2, 0.25) is 0 Å². The van der Waals surface area contributed by atoms with E-state index in [9.17, 15) is 9.59 Å². The molecule has 0 radical (unpaired) electrons. The number of pyridine rings is 1. The monoisotopic (exact) mass is 390 g/mol. The second-order valence-corrected chi connectivity index (χ2v) is 7.60.